The molecule has 3 atom stereocenters. The number of carbonyl (C=O) groups is 1. The maximum Gasteiger partial charge on any atom is 0.280 e. The van der Waals surface area contributed by atoms with Crippen LogP contribution in [0.5, 0.6) is 5.75 Å². The second-order valence-corrected chi connectivity index (χ2v) is 13.6. The SMILES string of the molecule is C[C@H](CO)N1C[C@H](C)[C@H](CN(C)S(=O)(=O)c2cn(C)cn2)Oc2ccc(NS(=O)(=O)c3cn(C)cn3)cc2C1=O. The van der Waals surface area contributed by atoms with Crippen LogP contribution in [0.1, 0.15) is 24.2 Å². The molecule has 0 bridgehead atoms. The average Bonchev–Trinajstić information content (AvgIpc) is 3.54. The molecule has 0 unspecified atom stereocenters. The number of benzene rings is 1. The smallest absolute Gasteiger partial charge is 0.280 e. The number of ether oxygens (including phenoxy) is 1. The normalized spacial score (nSPS) is 19.1. The van der Waals surface area contributed by atoms with Crippen LogP contribution in [-0.2, 0) is 34.1 Å². The van der Waals surface area contributed by atoms with Gasteiger partial charge in [0.1, 0.15) is 11.9 Å². The van der Waals surface area contributed by atoms with Crippen LogP contribution in [-0.4, -0.2) is 95.0 Å². The summed E-state index contributed by atoms with van der Waals surface area (Å²) in [6, 6.07) is 3.70. The van der Waals surface area contributed by atoms with E-state index in [4.69, 9.17) is 4.74 Å². The molecule has 0 saturated heterocycles. The summed E-state index contributed by atoms with van der Waals surface area (Å²) in [4.78, 5) is 22.9. The number of likely N-dealkylation sites (N-methyl/N-ethyl adjacent to an activating group) is 1. The van der Waals surface area contributed by atoms with Crippen molar-refractivity contribution in [3.8, 4) is 5.75 Å². The number of nitrogens with zero attached hydrogens (tertiary/aromatic N) is 6. The van der Waals surface area contributed by atoms with Crippen LogP contribution in [0.15, 0.2) is 53.3 Å². The van der Waals surface area contributed by atoms with Gasteiger partial charge in [0.15, 0.2) is 10.1 Å². The van der Waals surface area contributed by atoms with Crippen molar-refractivity contribution >= 4 is 31.6 Å². The van der Waals surface area contributed by atoms with E-state index in [1.807, 2.05) is 6.92 Å². The fraction of sp³-hybridized carbons (Fsp3) is 0.458. The maximum atomic E-state index is 13.6. The van der Waals surface area contributed by atoms with Crippen LogP contribution in [0.2, 0.25) is 0 Å². The number of nitrogens with one attached hydrogen (secondary N) is 1. The first kappa shape index (κ1) is 29.5. The molecule has 0 saturated carbocycles. The molecule has 40 heavy (non-hydrogen) atoms. The number of amides is 1. The molecule has 1 amide bonds. The topological polar surface area (TPSA) is 169 Å². The highest BCUT2D eigenvalue weighted by Gasteiger charge is 2.36. The van der Waals surface area contributed by atoms with Crippen LogP contribution < -0.4 is 9.46 Å². The summed E-state index contributed by atoms with van der Waals surface area (Å²) < 4.78 is 64.7. The van der Waals surface area contributed by atoms with Gasteiger partial charge in [0.25, 0.3) is 26.0 Å². The van der Waals surface area contributed by atoms with Gasteiger partial charge in [-0.05, 0) is 25.1 Å². The average molecular weight is 596 g/mol. The van der Waals surface area contributed by atoms with E-state index in [-0.39, 0.29) is 52.7 Å². The summed E-state index contributed by atoms with van der Waals surface area (Å²) in [5, 5.41) is 9.57. The Hall–Kier alpha value is -3.47. The lowest BCUT2D eigenvalue weighted by Crippen LogP contribution is -2.50. The van der Waals surface area contributed by atoms with Crippen molar-refractivity contribution < 1.29 is 31.5 Å². The van der Waals surface area contributed by atoms with Crippen molar-refractivity contribution in [3.63, 3.8) is 0 Å². The highest BCUT2D eigenvalue weighted by atomic mass is 32.2. The predicted molar refractivity (Wildman–Crippen MR) is 145 cm³/mol. The molecule has 2 N–H and O–H groups in total. The summed E-state index contributed by atoms with van der Waals surface area (Å²) in [5.41, 5.74) is 0.173. The fourth-order valence-corrected chi connectivity index (χ4v) is 6.45. The van der Waals surface area contributed by atoms with Gasteiger partial charge >= 0.3 is 0 Å². The summed E-state index contributed by atoms with van der Waals surface area (Å²) in [5.74, 6) is -0.647. The van der Waals surface area contributed by atoms with Crippen molar-refractivity contribution in [2.45, 2.75) is 36.0 Å². The second-order valence-electron chi connectivity index (χ2n) is 9.98. The van der Waals surface area contributed by atoms with Crippen LogP contribution in [0.25, 0.3) is 0 Å². The number of aliphatic hydroxyl groups excluding tert-OH is 1. The Morgan fingerprint density at radius 2 is 1.75 bits per heavy atom. The summed E-state index contributed by atoms with van der Waals surface area (Å²) in [7, 11) is -3.22. The van der Waals surface area contributed by atoms with E-state index < -0.39 is 38.1 Å². The highest BCUT2D eigenvalue weighted by Crippen LogP contribution is 2.31. The molecule has 1 aliphatic rings. The van der Waals surface area contributed by atoms with Crippen molar-refractivity contribution in [1.82, 2.24) is 28.3 Å². The summed E-state index contributed by atoms with van der Waals surface area (Å²) in [6.45, 7) is 3.32. The molecular formula is C24H33N7O7S2. The van der Waals surface area contributed by atoms with Gasteiger partial charge in [-0.1, -0.05) is 6.92 Å². The number of aliphatic hydroxyl groups is 1. The van der Waals surface area contributed by atoms with Crippen LogP contribution in [0.4, 0.5) is 5.69 Å². The minimum absolute atomic E-state index is 0.0525. The Morgan fingerprint density at radius 3 is 2.33 bits per heavy atom. The lowest BCUT2D eigenvalue weighted by Gasteiger charge is -2.38. The third kappa shape index (κ3) is 5.99. The molecule has 218 valence electrons. The van der Waals surface area contributed by atoms with Crippen molar-refractivity contribution in [2.24, 2.45) is 20.0 Å². The Bertz CT molecular complexity index is 1600. The first-order valence-electron chi connectivity index (χ1n) is 12.4. The number of carbonyl (C=O) groups excluding carboxylic acids is 1. The zero-order valence-electron chi connectivity index (χ0n) is 22.8. The minimum Gasteiger partial charge on any atom is -0.488 e. The molecule has 2 aromatic heterocycles. The van der Waals surface area contributed by atoms with Gasteiger partial charge in [0.05, 0.1) is 37.4 Å². The molecule has 1 aliphatic heterocycles. The third-order valence-corrected chi connectivity index (χ3v) is 9.64. The zero-order chi connectivity index (χ0) is 29.4. The van der Waals surface area contributed by atoms with Crippen molar-refractivity contribution in [3.05, 3.63) is 48.8 Å². The quantitative estimate of drug-likeness (QED) is 0.358. The molecular weight excluding hydrogens is 562 g/mol. The van der Waals surface area contributed by atoms with Crippen LogP contribution in [0.3, 0.4) is 0 Å². The number of rotatable bonds is 9. The lowest BCUT2D eigenvalue weighted by molar-refractivity contribution is 0.0387. The Labute approximate surface area is 233 Å². The number of hydrogen-bond donors (Lipinski definition) is 2. The minimum atomic E-state index is -4.03. The Kier molecular flexibility index (Phi) is 8.26. The van der Waals surface area contributed by atoms with E-state index in [1.165, 1.54) is 64.3 Å². The summed E-state index contributed by atoms with van der Waals surface area (Å²) >= 11 is 0. The van der Waals surface area contributed by atoms with Crippen LogP contribution >= 0.6 is 0 Å². The van der Waals surface area contributed by atoms with E-state index in [2.05, 4.69) is 14.7 Å². The zero-order valence-corrected chi connectivity index (χ0v) is 24.4. The first-order chi connectivity index (χ1) is 18.7. The Morgan fingerprint density at radius 1 is 1.12 bits per heavy atom. The molecule has 3 aromatic rings. The van der Waals surface area contributed by atoms with Gasteiger partial charge < -0.3 is 23.9 Å². The number of aryl methyl sites for hydroxylation is 2. The molecule has 4 rings (SSSR count). The van der Waals surface area contributed by atoms with Gasteiger partial charge in [0.2, 0.25) is 0 Å². The Balaban J connectivity index is 1.68. The molecule has 0 spiro atoms. The van der Waals surface area contributed by atoms with E-state index >= 15 is 0 Å². The largest absolute Gasteiger partial charge is 0.488 e. The number of hydrogen-bond acceptors (Lipinski definition) is 9. The third-order valence-electron chi connectivity index (χ3n) is 6.67. The molecule has 16 heteroatoms. The lowest BCUT2D eigenvalue weighted by atomic mass is 9.99. The highest BCUT2D eigenvalue weighted by molar-refractivity contribution is 7.92. The van der Waals surface area contributed by atoms with Crippen molar-refractivity contribution in [1.29, 1.82) is 0 Å². The van der Waals surface area contributed by atoms with Gasteiger partial charge in [0, 0.05) is 51.7 Å². The maximum absolute atomic E-state index is 13.6. The number of fused-ring (bicyclic) bond motifs is 1. The number of anilines is 1. The fourth-order valence-electron chi connectivity index (χ4n) is 4.27. The molecule has 0 fully saturated rings. The van der Waals surface area contributed by atoms with Crippen molar-refractivity contribution in [2.75, 3.05) is 31.5 Å². The van der Waals surface area contributed by atoms with E-state index in [9.17, 15) is 26.7 Å². The monoisotopic (exact) mass is 595 g/mol. The number of imidazole rings is 2. The van der Waals surface area contributed by atoms with Crippen LogP contribution in [0, 0.1) is 5.92 Å². The van der Waals surface area contributed by atoms with E-state index in [0.717, 1.165) is 4.31 Å². The number of sulfonamides is 2. The predicted octanol–water partition coefficient (Wildman–Crippen LogP) is 0.495. The molecule has 0 radical (unpaired) electrons. The van der Waals surface area contributed by atoms with Gasteiger partial charge in [-0.2, -0.15) is 12.7 Å². The molecule has 0 aliphatic carbocycles. The van der Waals surface area contributed by atoms with Gasteiger partial charge in [-0.15, -0.1) is 0 Å². The second kappa shape index (κ2) is 11.2. The van der Waals surface area contributed by atoms with Gasteiger partial charge in [-0.25, -0.2) is 18.4 Å². The molecule has 3 heterocycles. The van der Waals surface area contributed by atoms with E-state index in [0.29, 0.717) is 0 Å². The number of aromatic nitrogens is 4. The summed E-state index contributed by atoms with van der Waals surface area (Å²) in [6.07, 6.45) is 4.80. The van der Waals surface area contributed by atoms with Gasteiger partial charge in [-0.3, -0.25) is 9.52 Å². The van der Waals surface area contributed by atoms with E-state index in [1.54, 1.807) is 21.0 Å². The molecule has 14 nitrogen and oxygen atoms in total. The first-order valence-corrected chi connectivity index (χ1v) is 15.3. The standard InChI is InChI=1S/C24H33N7O7S2/c1-16-9-31(17(2)13-32)24(33)19-8-18(27-39(34,35)22-11-28(3)14-25-22)6-7-20(19)38-21(16)10-30(5)40(36,37)23-12-29(4)15-26-23/h6-8,11-12,14-17,21,27,32H,9-10,13H2,1-5H3/t16-,17+,21-/m0/s1. The molecule has 1 aromatic carbocycles.